The Morgan fingerprint density at radius 3 is 2.63 bits per heavy atom. The molecule has 5 rings (SSSR count). The first-order valence-corrected chi connectivity index (χ1v) is 15.6. The van der Waals surface area contributed by atoms with E-state index in [0.29, 0.717) is 47.5 Å². The molecule has 1 saturated heterocycles. The molecule has 2 N–H and O–H groups in total. The number of ether oxygens (including phenoxy) is 2. The van der Waals surface area contributed by atoms with Crippen LogP contribution in [-0.2, 0) is 31.8 Å². The molecule has 2 aromatic carbocycles. The van der Waals surface area contributed by atoms with Crippen molar-refractivity contribution < 1.29 is 28.0 Å². The van der Waals surface area contributed by atoms with E-state index >= 15 is 4.39 Å². The Balaban J connectivity index is 1.90. The van der Waals surface area contributed by atoms with Gasteiger partial charge < -0.3 is 19.9 Å². The Bertz CT molecular complexity index is 1500. The number of hydrogen-bond donors (Lipinski definition) is 2. The Kier molecular flexibility index (Phi) is 7.91. The predicted molar refractivity (Wildman–Crippen MR) is 160 cm³/mol. The largest absolute Gasteiger partial charge is 0.495 e. The average molecular weight is 583 g/mol. The van der Waals surface area contributed by atoms with Crippen LogP contribution >= 0.6 is 0 Å². The van der Waals surface area contributed by atoms with E-state index in [2.05, 4.69) is 12.2 Å². The molecule has 9 heteroatoms. The van der Waals surface area contributed by atoms with Crippen molar-refractivity contribution in [3.05, 3.63) is 69.7 Å². The maximum Gasteiger partial charge on any atom is 0.337 e. The third-order valence-electron chi connectivity index (χ3n) is 8.76. The summed E-state index contributed by atoms with van der Waals surface area (Å²) >= 11 is 0. The standard InChI is InChI=1S/C32H39FN2O5S/c1-8-32(5,6)40-30(31(36)37)26-19(4)29-25(27-20(10-9-11-22(27)33)16-35(29)41(7)38)18(3)24(26)21-12-13-23-28(17(21)2)34-14-15-39-23/h9-13,17,28,30,34H,8,14-16H2,1-7H3,(H,36,37)/t17?,28?,30-,41?/m0/s1. The summed E-state index contributed by atoms with van der Waals surface area (Å²) in [6.45, 7) is 13.1. The molecule has 0 saturated carbocycles. The van der Waals surface area contributed by atoms with Gasteiger partial charge in [0.2, 0.25) is 0 Å². The third-order valence-corrected chi connectivity index (χ3v) is 9.69. The number of allylic oxidation sites excluding steroid dienone is 2. The second-order valence-electron chi connectivity index (χ2n) is 11.7. The van der Waals surface area contributed by atoms with Gasteiger partial charge in [0.25, 0.3) is 0 Å². The summed E-state index contributed by atoms with van der Waals surface area (Å²) < 4.78 is 42.9. The number of carboxylic acid groups (broad SMARTS) is 1. The second-order valence-corrected chi connectivity index (χ2v) is 13.0. The van der Waals surface area contributed by atoms with Crippen molar-refractivity contribution in [3.63, 3.8) is 0 Å². The number of nitrogens with one attached hydrogen (secondary N) is 1. The van der Waals surface area contributed by atoms with Crippen LogP contribution in [-0.4, -0.2) is 46.3 Å². The smallest absolute Gasteiger partial charge is 0.337 e. The average Bonchev–Trinajstić information content (AvgIpc) is 2.93. The summed E-state index contributed by atoms with van der Waals surface area (Å²) in [5.74, 6) is -0.691. The van der Waals surface area contributed by atoms with E-state index in [1.165, 1.54) is 6.07 Å². The number of carbonyl (C=O) groups is 1. The Labute approximate surface area is 244 Å². The zero-order valence-electron chi connectivity index (χ0n) is 24.8. The number of morpholine rings is 1. The molecule has 1 aliphatic carbocycles. The van der Waals surface area contributed by atoms with Gasteiger partial charge in [0, 0.05) is 35.4 Å². The van der Waals surface area contributed by atoms with Crippen molar-refractivity contribution in [2.75, 3.05) is 23.7 Å². The number of benzene rings is 2. The van der Waals surface area contributed by atoms with Crippen LogP contribution in [0.15, 0.2) is 36.1 Å². The number of nitrogens with zero attached hydrogens (tertiary/aromatic N) is 1. The number of carboxylic acids is 1. The highest BCUT2D eigenvalue weighted by Crippen LogP contribution is 2.52. The first-order valence-electron chi connectivity index (χ1n) is 14.1. The number of rotatable bonds is 7. The molecule has 0 bridgehead atoms. The number of aliphatic carboxylic acids is 1. The van der Waals surface area contributed by atoms with Gasteiger partial charge in [-0.05, 0) is 74.1 Å². The van der Waals surface area contributed by atoms with Gasteiger partial charge in [-0.15, -0.1) is 0 Å². The second kappa shape index (κ2) is 11.0. The Hall–Kier alpha value is -3.01. The molecule has 2 heterocycles. The molecule has 3 unspecified atom stereocenters. The lowest BCUT2D eigenvalue weighted by atomic mass is 9.74. The van der Waals surface area contributed by atoms with Crippen LogP contribution in [0, 0.1) is 25.6 Å². The van der Waals surface area contributed by atoms with Crippen molar-refractivity contribution in [2.45, 2.75) is 72.3 Å². The molecule has 7 nitrogen and oxygen atoms in total. The molecule has 2 aromatic rings. The first kappa shape index (κ1) is 29.5. The molecule has 0 radical (unpaired) electrons. The quantitative estimate of drug-likeness (QED) is 0.419. The lowest BCUT2D eigenvalue weighted by Gasteiger charge is -2.40. The van der Waals surface area contributed by atoms with Crippen LogP contribution in [0.1, 0.15) is 68.0 Å². The Morgan fingerprint density at radius 2 is 1.98 bits per heavy atom. The fourth-order valence-electron chi connectivity index (χ4n) is 6.36. The van der Waals surface area contributed by atoms with E-state index in [1.54, 1.807) is 16.6 Å². The fourth-order valence-corrected chi connectivity index (χ4v) is 7.16. The number of halogens is 1. The third kappa shape index (κ3) is 5.02. The maximum absolute atomic E-state index is 15.7. The van der Waals surface area contributed by atoms with Gasteiger partial charge in [-0.2, -0.15) is 0 Å². The summed E-state index contributed by atoms with van der Waals surface area (Å²) in [7, 11) is -1.45. The summed E-state index contributed by atoms with van der Waals surface area (Å²) in [4.78, 5) is 13.0. The van der Waals surface area contributed by atoms with E-state index in [9.17, 15) is 14.1 Å². The lowest BCUT2D eigenvalue weighted by molar-refractivity contribution is -0.162. The number of hydrogen-bond acceptors (Lipinski definition) is 5. The van der Waals surface area contributed by atoms with Crippen molar-refractivity contribution in [1.82, 2.24) is 5.32 Å². The van der Waals surface area contributed by atoms with Crippen molar-refractivity contribution in [2.24, 2.45) is 5.92 Å². The molecule has 0 spiro atoms. The molecule has 0 aromatic heterocycles. The van der Waals surface area contributed by atoms with Crippen LogP contribution in [0.5, 0.6) is 0 Å². The molecule has 2 aliphatic heterocycles. The van der Waals surface area contributed by atoms with Crippen LogP contribution in [0.2, 0.25) is 0 Å². The topological polar surface area (TPSA) is 88.1 Å². The minimum Gasteiger partial charge on any atom is -0.495 e. The monoisotopic (exact) mass is 582 g/mol. The highest BCUT2D eigenvalue weighted by Gasteiger charge is 2.41. The van der Waals surface area contributed by atoms with Crippen LogP contribution < -0.4 is 9.62 Å². The SMILES string of the molecule is CCC(C)(C)O[C@H](C(=O)O)c1c(C)c2c(c(C)c1C1=CC=C3OCCNC3C1C)-c1c(F)cccc1CN2S(C)=O. The molecular weight excluding hydrogens is 543 g/mol. The van der Waals surface area contributed by atoms with Gasteiger partial charge >= 0.3 is 5.97 Å². The van der Waals surface area contributed by atoms with E-state index in [1.807, 2.05) is 52.8 Å². The summed E-state index contributed by atoms with van der Waals surface area (Å²) in [6.07, 6.45) is 4.83. The van der Waals surface area contributed by atoms with Gasteiger partial charge in [-0.25, -0.2) is 13.4 Å². The normalized spacial score (nSPS) is 21.5. The van der Waals surface area contributed by atoms with Crippen molar-refractivity contribution in [3.8, 4) is 11.1 Å². The molecule has 3 aliphatic rings. The highest BCUT2D eigenvalue weighted by molar-refractivity contribution is 7.85. The molecule has 1 fully saturated rings. The van der Waals surface area contributed by atoms with E-state index < -0.39 is 28.7 Å². The van der Waals surface area contributed by atoms with E-state index in [4.69, 9.17) is 9.47 Å². The zero-order valence-corrected chi connectivity index (χ0v) is 25.6. The molecule has 41 heavy (non-hydrogen) atoms. The molecule has 4 atom stereocenters. The zero-order chi connectivity index (χ0) is 29.8. The van der Waals surface area contributed by atoms with Gasteiger partial charge in [-0.3, -0.25) is 4.31 Å². The van der Waals surface area contributed by atoms with Crippen LogP contribution in [0.25, 0.3) is 16.7 Å². The van der Waals surface area contributed by atoms with Crippen molar-refractivity contribution >= 4 is 28.2 Å². The van der Waals surface area contributed by atoms with Crippen LogP contribution in [0.4, 0.5) is 10.1 Å². The first-order chi connectivity index (χ1) is 19.4. The van der Waals surface area contributed by atoms with E-state index in [-0.39, 0.29) is 24.3 Å². The van der Waals surface area contributed by atoms with Gasteiger partial charge in [0.15, 0.2) is 6.10 Å². The molecule has 220 valence electrons. The summed E-state index contributed by atoms with van der Waals surface area (Å²) in [6, 6.07) is 4.89. The maximum atomic E-state index is 15.7. The van der Waals surface area contributed by atoms with Crippen molar-refractivity contribution in [1.29, 1.82) is 0 Å². The Morgan fingerprint density at radius 1 is 1.24 bits per heavy atom. The molecule has 0 amide bonds. The fraction of sp³-hybridized carbons (Fsp3) is 0.469. The van der Waals surface area contributed by atoms with Gasteiger partial charge in [0.1, 0.15) is 29.2 Å². The minimum absolute atomic E-state index is 0.0704. The van der Waals surface area contributed by atoms with Crippen LogP contribution in [0.3, 0.4) is 0 Å². The minimum atomic E-state index is -1.45. The van der Waals surface area contributed by atoms with Gasteiger partial charge in [-0.1, -0.05) is 32.1 Å². The lowest BCUT2D eigenvalue weighted by Crippen LogP contribution is -2.45. The predicted octanol–water partition coefficient (Wildman–Crippen LogP) is 5.96. The molecular formula is C32H39FN2O5S. The van der Waals surface area contributed by atoms with Gasteiger partial charge in [0.05, 0.1) is 23.9 Å². The summed E-state index contributed by atoms with van der Waals surface area (Å²) in [5.41, 5.74) is 5.24. The number of fused-ring (bicyclic) bond motifs is 4. The highest BCUT2D eigenvalue weighted by atomic mass is 32.2. The summed E-state index contributed by atoms with van der Waals surface area (Å²) in [5, 5.41) is 14.2. The van der Waals surface area contributed by atoms with E-state index in [0.717, 1.165) is 28.0 Å². The number of anilines is 1.